The molecule has 0 saturated carbocycles. The summed E-state index contributed by atoms with van der Waals surface area (Å²) in [4.78, 5) is 9.06. The summed E-state index contributed by atoms with van der Waals surface area (Å²) in [6, 6.07) is 19.3. The van der Waals surface area contributed by atoms with Crippen molar-refractivity contribution in [2.45, 2.75) is 32.6 Å². The number of nitrogens with zero attached hydrogens (tertiary/aromatic N) is 2. The average molecular weight is 341 g/mol. The number of benzene rings is 2. The van der Waals surface area contributed by atoms with Crippen molar-refractivity contribution in [3.05, 3.63) is 77.5 Å². The molecule has 130 valence electrons. The molecule has 4 aromatic rings. The van der Waals surface area contributed by atoms with Crippen LogP contribution in [0.15, 0.2) is 60.8 Å². The van der Waals surface area contributed by atoms with E-state index in [1.54, 1.807) is 0 Å². The Balaban J connectivity index is 1.62. The molecule has 2 aromatic carbocycles. The SMILES string of the molecule is CCCc1ccc(CCc2cnc3c(N)nc4ccccc4c3c2)cc1. The second kappa shape index (κ2) is 7.12. The number of fused-ring (bicyclic) bond motifs is 3. The highest BCUT2D eigenvalue weighted by Gasteiger charge is 2.08. The molecule has 0 amide bonds. The normalized spacial score (nSPS) is 11.3. The third kappa shape index (κ3) is 3.25. The Kier molecular flexibility index (Phi) is 4.53. The van der Waals surface area contributed by atoms with Gasteiger partial charge in [0.25, 0.3) is 0 Å². The fraction of sp³-hybridized carbons (Fsp3) is 0.217. The maximum Gasteiger partial charge on any atom is 0.150 e. The lowest BCUT2D eigenvalue weighted by Gasteiger charge is -2.08. The largest absolute Gasteiger partial charge is 0.382 e. The van der Waals surface area contributed by atoms with Gasteiger partial charge in [-0.3, -0.25) is 4.98 Å². The van der Waals surface area contributed by atoms with E-state index in [2.05, 4.69) is 53.3 Å². The van der Waals surface area contributed by atoms with Gasteiger partial charge in [0.1, 0.15) is 5.52 Å². The van der Waals surface area contributed by atoms with Crippen LogP contribution in [0.5, 0.6) is 0 Å². The first-order chi connectivity index (χ1) is 12.7. The number of rotatable bonds is 5. The highest BCUT2D eigenvalue weighted by molar-refractivity contribution is 6.08. The van der Waals surface area contributed by atoms with Gasteiger partial charge in [-0.05, 0) is 48.1 Å². The number of hydrogen-bond donors (Lipinski definition) is 1. The van der Waals surface area contributed by atoms with Crippen molar-refractivity contribution in [3.63, 3.8) is 0 Å². The molecule has 0 unspecified atom stereocenters. The van der Waals surface area contributed by atoms with Gasteiger partial charge in [0, 0.05) is 17.0 Å². The van der Waals surface area contributed by atoms with Crippen LogP contribution in [0.4, 0.5) is 5.82 Å². The number of anilines is 1. The third-order valence-corrected chi connectivity index (χ3v) is 4.89. The van der Waals surface area contributed by atoms with Gasteiger partial charge in [-0.25, -0.2) is 4.98 Å². The van der Waals surface area contributed by atoms with Crippen LogP contribution in [0.1, 0.15) is 30.0 Å². The summed E-state index contributed by atoms with van der Waals surface area (Å²) in [5.41, 5.74) is 11.8. The van der Waals surface area contributed by atoms with Gasteiger partial charge in [0.05, 0.1) is 5.52 Å². The zero-order valence-electron chi connectivity index (χ0n) is 15.1. The van der Waals surface area contributed by atoms with E-state index < -0.39 is 0 Å². The van der Waals surface area contributed by atoms with Crippen LogP contribution in [-0.4, -0.2) is 9.97 Å². The lowest BCUT2D eigenvalue weighted by molar-refractivity contribution is 0.913. The van der Waals surface area contributed by atoms with Crippen LogP contribution in [0.2, 0.25) is 0 Å². The number of aryl methyl sites for hydroxylation is 3. The number of hydrogen-bond acceptors (Lipinski definition) is 3. The Bertz CT molecular complexity index is 1050. The maximum atomic E-state index is 6.10. The van der Waals surface area contributed by atoms with Crippen LogP contribution in [0.3, 0.4) is 0 Å². The fourth-order valence-electron chi connectivity index (χ4n) is 3.49. The van der Waals surface area contributed by atoms with Gasteiger partial charge < -0.3 is 5.73 Å². The molecule has 26 heavy (non-hydrogen) atoms. The summed E-state index contributed by atoms with van der Waals surface area (Å²) in [6.45, 7) is 2.21. The van der Waals surface area contributed by atoms with Crippen molar-refractivity contribution < 1.29 is 0 Å². The highest BCUT2D eigenvalue weighted by atomic mass is 14.9. The Labute approximate surface area is 153 Å². The predicted octanol–water partition coefficient (Wildman–Crippen LogP) is 5.10. The fourth-order valence-corrected chi connectivity index (χ4v) is 3.49. The molecule has 4 rings (SSSR count). The molecule has 2 N–H and O–H groups in total. The topological polar surface area (TPSA) is 51.8 Å². The quantitative estimate of drug-likeness (QED) is 0.514. The van der Waals surface area contributed by atoms with E-state index in [0.29, 0.717) is 5.82 Å². The van der Waals surface area contributed by atoms with Gasteiger partial charge in [-0.1, -0.05) is 55.8 Å². The molecular weight excluding hydrogens is 318 g/mol. The van der Waals surface area contributed by atoms with Gasteiger partial charge >= 0.3 is 0 Å². The first-order valence-electron chi connectivity index (χ1n) is 9.25. The molecule has 0 aliphatic heterocycles. The van der Waals surface area contributed by atoms with Gasteiger partial charge in [0.2, 0.25) is 0 Å². The van der Waals surface area contributed by atoms with Gasteiger partial charge in [-0.15, -0.1) is 0 Å². The van der Waals surface area contributed by atoms with E-state index in [4.69, 9.17) is 5.73 Å². The van der Waals surface area contributed by atoms with Crippen LogP contribution >= 0.6 is 0 Å². The molecule has 0 fully saturated rings. The molecule has 0 radical (unpaired) electrons. The van der Waals surface area contributed by atoms with Crippen LogP contribution in [0.25, 0.3) is 21.8 Å². The first-order valence-corrected chi connectivity index (χ1v) is 9.25. The van der Waals surface area contributed by atoms with E-state index in [0.717, 1.165) is 41.1 Å². The summed E-state index contributed by atoms with van der Waals surface area (Å²) in [7, 11) is 0. The summed E-state index contributed by atoms with van der Waals surface area (Å²) in [6.07, 6.45) is 6.25. The molecule has 2 aromatic heterocycles. The minimum atomic E-state index is 0.497. The summed E-state index contributed by atoms with van der Waals surface area (Å²) in [5.74, 6) is 0.497. The van der Waals surface area contributed by atoms with Crippen LogP contribution < -0.4 is 5.73 Å². The molecule has 3 nitrogen and oxygen atoms in total. The standard InChI is InChI=1S/C23H23N3/c1-2-5-16-8-10-17(11-9-16)12-13-18-14-20-19-6-3-4-7-21(19)26-23(24)22(20)25-15-18/h3-4,6-11,14-15H,2,5,12-13H2,1H3,(H2,24,26). The van der Waals surface area contributed by atoms with Crippen molar-refractivity contribution in [1.82, 2.24) is 9.97 Å². The van der Waals surface area contributed by atoms with E-state index in [1.807, 2.05) is 24.4 Å². The average Bonchev–Trinajstić information content (AvgIpc) is 2.68. The van der Waals surface area contributed by atoms with Crippen LogP contribution in [-0.2, 0) is 19.3 Å². The van der Waals surface area contributed by atoms with Crippen molar-refractivity contribution in [1.29, 1.82) is 0 Å². The number of aromatic nitrogens is 2. The van der Waals surface area contributed by atoms with E-state index in [1.165, 1.54) is 23.1 Å². The van der Waals surface area contributed by atoms with Gasteiger partial charge in [-0.2, -0.15) is 0 Å². The highest BCUT2D eigenvalue weighted by Crippen LogP contribution is 2.27. The van der Waals surface area contributed by atoms with E-state index in [9.17, 15) is 0 Å². The Morgan fingerprint density at radius 3 is 2.27 bits per heavy atom. The van der Waals surface area contributed by atoms with E-state index >= 15 is 0 Å². The minimum absolute atomic E-state index is 0.497. The smallest absolute Gasteiger partial charge is 0.150 e. The second-order valence-electron chi connectivity index (χ2n) is 6.82. The monoisotopic (exact) mass is 341 g/mol. The number of nitrogen functional groups attached to an aromatic ring is 1. The minimum Gasteiger partial charge on any atom is -0.382 e. The molecule has 0 saturated heterocycles. The third-order valence-electron chi connectivity index (χ3n) is 4.89. The first kappa shape index (κ1) is 16.5. The summed E-state index contributed by atoms with van der Waals surface area (Å²) in [5, 5.41) is 2.19. The van der Waals surface area contributed by atoms with Crippen molar-refractivity contribution in [3.8, 4) is 0 Å². The molecular formula is C23H23N3. The molecule has 0 aliphatic rings. The Morgan fingerprint density at radius 1 is 0.808 bits per heavy atom. The second-order valence-corrected chi connectivity index (χ2v) is 6.82. The van der Waals surface area contributed by atoms with Gasteiger partial charge in [0.15, 0.2) is 5.82 Å². The Hall–Kier alpha value is -2.94. The molecule has 2 heterocycles. The molecule has 3 heteroatoms. The van der Waals surface area contributed by atoms with Crippen molar-refractivity contribution in [2.75, 3.05) is 5.73 Å². The van der Waals surface area contributed by atoms with Crippen LogP contribution in [0, 0.1) is 0 Å². The lowest BCUT2D eigenvalue weighted by atomic mass is 10.0. The number of para-hydroxylation sites is 1. The molecule has 0 spiro atoms. The zero-order valence-corrected chi connectivity index (χ0v) is 15.1. The van der Waals surface area contributed by atoms with Crippen molar-refractivity contribution >= 4 is 27.6 Å². The zero-order chi connectivity index (χ0) is 17.9. The molecule has 0 atom stereocenters. The number of pyridine rings is 2. The molecule has 0 aliphatic carbocycles. The Morgan fingerprint density at radius 2 is 1.50 bits per heavy atom. The lowest BCUT2D eigenvalue weighted by Crippen LogP contribution is -1.98. The van der Waals surface area contributed by atoms with Crippen molar-refractivity contribution in [2.24, 2.45) is 0 Å². The summed E-state index contributed by atoms with van der Waals surface area (Å²) < 4.78 is 0. The molecule has 0 bridgehead atoms. The number of nitrogens with two attached hydrogens (primary N) is 1. The maximum absolute atomic E-state index is 6.10. The van der Waals surface area contributed by atoms with E-state index in [-0.39, 0.29) is 0 Å². The summed E-state index contributed by atoms with van der Waals surface area (Å²) >= 11 is 0. The predicted molar refractivity (Wildman–Crippen MR) is 109 cm³/mol.